The molecule has 19 heavy (non-hydrogen) atoms. The van der Waals surface area contributed by atoms with Gasteiger partial charge in [0.25, 0.3) is 5.91 Å². The summed E-state index contributed by atoms with van der Waals surface area (Å²) in [6.07, 6.45) is 5.04. The van der Waals surface area contributed by atoms with Crippen molar-refractivity contribution in [1.82, 2.24) is 15.3 Å². The first kappa shape index (κ1) is 13.5. The monoisotopic (exact) mass is 276 g/mol. The highest BCUT2D eigenvalue weighted by Gasteiger charge is 2.11. The molecule has 2 aromatic heterocycles. The molecular weight excluding hydrogens is 260 g/mol. The number of thiazole rings is 1. The number of carbonyl (C=O) groups excluding carboxylic acids is 1. The lowest BCUT2D eigenvalue weighted by Gasteiger charge is -2.09. The minimum absolute atomic E-state index is 0.142. The van der Waals surface area contributed by atoms with Gasteiger partial charge in [0.2, 0.25) is 0 Å². The average Bonchev–Trinajstić information content (AvgIpc) is 2.83. The average molecular weight is 276 g/mol. The molecule has 0 fully saturated rings. The molecule has 0 bridgehead atoms. The zero-order chi connectivity index (χ0) is 13.7. The van der Waals surface area contributed by atoms with Crippen molar-refractivity contribution in [2.24, 2.45) is 0 Å². The summed E-state index contributed by atoms with van der Waals surface area (Å²) in [6, 6.07) is 1.80. The van der Waals surface area contributed by atoms with Crippen LogP contribution >= 0.6 is 11.3 Å². The van der Waals surface area contributed by atoms with E-state index in [1.54, 1.807) is 36.0 Å². The first-order valence-corrected chi connectivity index (χ1v) is 6.89. The number of carbonyl (C=O) groups is 1. The van der Waals surface area contributed by atoms with Gasteiger partial charge in [-0.05, 0) is 19.9 Å². The molecule has 0 saturated carbocycles. The molecule has 5 nitrogen and oxygen atoms in total. The lowest BCUT2D eigenvalue weighted by atomic mass is 10.2. The first-order valence-electron chi connectivity index (χ1n) is 6.08. The van der Waals surface area contributed by atoms with Crippen LogP contribution in [0.3, 0.4) is 0 Å². The third-order valence-electron chi connectivity index (χ3n) is 2.50. The summed E-state index contributed by atoms with van der Waals surface area (Å²) in [4.78, 5) is 21.5. The maximum absolute atomic E-state index is 12.1. The molecule has 0 radical (unpaired) electrons. The number of aryl methyl sites for hydroxylation is 1. The van der Waals surface area contributed by atoms with Crippen LogP contribution in [-0.4, -0.2) is 22.4 Å². The van der Waals surface area contributed by atoms with Gasteiger partial charge < -0.3 is 10.6 Å². The van der Waals surface area contributed by atoms with Crippen molar-refractivity contribution in [2.45, 2.75) is 20.4 Å². The molecule has 2 N–H and O–H groups in total. The molecule has 0 aliphatic rings. The SMILES string of the molecule is CCNc1ccncc1C(=O)NCc1ncc(C)s1. The smallest absolute Gasteiger partial charge is 0.255 e. The number of nitrogens with one attached hydrogen (secondary N) is 2. The summed E-state index contributed by atoms with van der Waals surface area (Å²) in [5.41, 5.74) is 1.35. The van der Waals surface area contributed by atoms with Gasteiger partial charge in [-0.2, -0.15) is 0 Å². The van der Waals surface area contributed by atoms with Gasteiger partial charge in [-0.25, -0.2) is 4.98 Å². The van der Waals surface area contributed by atoms with Gasteiger partial charge in [-0.3, -0.25) is 9.78 Å². The Kier molecular flexibility index (Phi) is 4.46. The highest BCUT2D eigenvalue weighted by atomic mass is 32.1. The Hall–Kier alpha value is -1.95. The lowest BCUT2D eigenvalue weighted by molar-refractivity contribution is 0.0951. The number of amides is 1. The molecule has 0 aliphatic carbocycles. The molecule has 2 aromatic rings. The van der Waals surface area contributed by atoms with Crippen LogP contribution < -0.4 is 10.6 Å². The molecule has 6 heteroatoms. The van der Waals surface area contributed by atoms with Crippen molar-refractivity contribution in [3.63, 3.8) is 0 Å². The molecule has 2 rings (SSSR count). The maximum Gasteiger partial charge on any atom is 0.255 e. The van der Waals surface area contributed by atoms with E-state index in [4.69, 9.17) is 0 Å². The predicted molar refractivity (Wildman–Crippen MR) is 76.4 cm³/mol. The van der Waals surface area contributed by atoms with Crippen LogP contribution in [0.25, 0.3) is 0 Å². The summed E-state index contributed by atoms with van der Waals surface area (Å²) in [7, 11) is 0. The van der Waals surface area contributed by atoms with E-state index < -0.39 is 0 Å². The van der Waals surface area contributed by atoms with Gasteiger partial charge in [0, 0.05) is 30.0 Å². The topological polar surface area (TPSA) is 66.9 Å². The van der Waals surface area contributed by atoms with Crippen LogP contribution in [0.15, 0.2) is 24.7 Å². The Balaban J connectivity index is 2.03. The number of anilines is 1. The predicted octanol–water partition coefficient (Wildman–Crippen LogP) is 2.21. The molecule has 0 spiro atoms. The Morgan fingerprint density at radius 2 is 2.26 bits per heavy atom. The van der Waals surface area contributed by atoms with Crippen molar-refractivity contribution >= 4 is 22.9 Å². The number of hydrogen-bond donors (Lipinski definition) is 2. The minimum Gasteiger partial charge on any atom is -0.385 e. The van der Waals surface area contributed by atoms with Gasteiger partial charge in [-0.1, -0.05) is 0 Å². The zero-order valence-corrected chi connectivity index (χ0v) is 11.8. The van der Waals surface area contributed by atoms with E-state index in [1.807, 2.05) is 13.8 Å². The third-order valence-corrected chi connectivity index (χ3v) is 3.41. The Morgan fingerprint density at radius 1 is 1.42 bits per heavy atom. The van der Waals surface area contributed by atoms with Crippen LogP contribution in [0.1, 0.15) is 27.2 Å². The highest BCUT2D eigenvalue weighted by Crippen LogP contribution is 2.14. The van der Waals surface area contributed by atoms with Crippen molar-refractivity contribution in [3.8, 4) is 0 Å². The normalized spacial score (nSPS) is 10.2. The number of rotatable bonds is 5. The Bertz CT molecular complexity index is 567. The molecule has 0 saturated heterocycles. The van der Waals surface area contributed by atoms with Crippen molar-refractivity contribution in [3.05, 3.63) is 40.1 Å². The summed E-state index contributed by atoms with van der Waals surface area (Å²) < 4.78 is 0. The van der Waals surface area contributed by atoms with Gasteiger partial charge in [0.1, 0.15) is 5.01 Å². The number of hydrogen-bond acceptors (Lipinski definition) is 5. The van der Waals surface area contributed by atoms with Crippen LogP contribution in [-0.2, 0) is 6.54 Å². The van der Waals surface area contributed by atoms with Gasteiger partial charge in [0.15, 0.2) is 0 Å². The van der Waals surface area contributed by atoms with E-state index in [1.165, 1.54) is 0 Å². The van der Waals surface area contributed by atoms with E-state index in [2.05, 4.69) is 20.6 Å². The molecule has 0 aliphatic heterocycles. The molecule has 100 valence electrons. The van der Waals surface area contributed by atoms with E-state index in [0.29, 0.717) is 12.1 Å². The van der Waals surface area contributed by atoms with Crippen LogP contribution in [0.5, 0.6) is 0 Å². The van der Waals surface area contributed by atoms with Crippen molar-refractivity contribution in [2.75, 3.05) is 11.9 Å². The second-order valence-corrected chi connectivity index (χ2v) is 5.32. The largest absolute Gasteiger partial charge is 0.385 e. The summed E-state index contributed by atoms with van der Waals surface area (Å²) >= 11 is 1.58. The zero-order valence-electron chi connectivity index (χ0n) is 10.9. The summed E-state index contributed by atoms with van der Waals surface area (Å²) in [5, 5.41) is 6.90. The van der Waals surface area contributed by atoms with Crippen LogP contribution in [0.2, 0.25) is 0 Å². The van der Waals surface area contributed by atoms with E-state index in [9.17, 15) is 4.79 Å². The molecular formula is C13H16N4OS. The third kappa shape index (κ3) is 3.51. The second kappa shape index (κ2) is 6.29. The number of pyridine rings is 1. The second-order valence-electron chi connectivity index (χ2n) is 4.00. The van der Waals surface area contributed by atoms with E-state index in [-0.39, 0.29) is 5.91 Å². The fourth-order valence-corrected chi connectivity index (χ4v) is 2.38. The van der Waals surface area contributed by atoms with Crippen LogP contribution in [0.4, 0.5) is 5.69 Å². The Labute approximate surface area is 116 Å². The fraction of sp³-hybridized carbons (Fsp3) is 0.308. The van der Waals surface area contributed by atoms with E-state index >= 15 is 0 Å². The van der Waals surface area contributed by atoms with Crippen molar-refractivity contribution < 1.29 is 4.79 Å². The fourth-order valence-electron chi connectivity index (χ4n) is 1.65. The molecule has 1 amide bonds. The summed E-state index contributed by atoms with van der Waals surface area (Å²) in [5.74, 6) is -0.142. The molecule has 0 aromatic carbocycles. The van der Waals surface area contributed by atoms with Crippen molar-refractivity contribution in [1.29, 1.82) is 0 Å². The molecule has 0 unspecified atom stereocenters. The summed E-state index contributed by atoms with van der Waals surface area (Å²) in [6.45, 7) is 5.18. The minimum atomic E-state index is -0.142. The maximum atomic E-state index is 12.1. The first-order chi connectivity index (χ1) is 9.20. The van der Waals surface area contributed by atoms with Gasteiger partial charge in [-0.15, -0.1) is 11.3 Å². The number of aromatic nitrogens is 2. The van der Waals surface area contributed by atoms with Gasteiger partial charge >= 0.3 is 0 Å². The lowest BCUT2D eigenvalue weighted by Crippen LogP contribution is -2.24. The quantitative estimate of drug-likeness (QED) is 0.878. The van der Waals surface area contributed by atoms with Gasteiger partial charge in [0.05, 0.1) is 17.8 Å². The van der Waals surface area contributed by atoms with Crippen LogP contribution in [0, 0.1) is 6.92 Å². The van der Waals surface area contributed by atoms with E-state index in [0.717, 1.165) is 22.1 Å². The molecule has 0 atom stereocenters. The number of nitrogens with zero attached hydrogens (tertiary/aromatic N) is 2. The molecule has 2 heterocycles. The standard InChI is InChI=1S/C13H16N4OS/c1-3-15-11-4-5-14-7-10(11)13(18)17-8-12-16-6-9(2)19-12/h4-7H,3,8H2,1-2H3,(H,14,15)(H,17,18). The Morgan fingerprint density at radius 3 is 2.95 bits per heavy atom. The highest BCUT2D eigenvalue weighted by molar-refractivity contribution is 7.11.